The molecule has 0 spiro atoms. The fraction of sp³-hybridized carbons (Fsp3) is 0.500. The van der Waals surface area contributed by atoms with Gasteiger partial charge in [0.15, 0.2) is 0 Å². The van der Waals surface area contributed by atoms with Crippen LogP contribution < -0.4 is 0 Å². The molecule has 0 rings (SSSR count). The van der Waals surface area contributed by atoms with Gasteiger partial charge >= 0.3 is 5.97 Å². The summed E-state index contributed by atoms with van der Waals surface area (Å²) in [5, 5.41) is 16.7. The van der Waals surface area contributed by atoms with E-state index in [4.69, 9.17) is 10.4 Å². The topological polar surface area (TPSA) is 61.1 Å². The van der Waals surface area contributed by atoms with E-state index in [0.717, 1.165) is 6.08 Å². The first-order chi connectivity index (χ1) is 5.06. The highest BCUT2D eigenvalue weighted by atomic mass is 16.4. The van der Waals surface area contributed by atoms with Crippen LogP contribution in [0.5, 0.6) is 0 Å². The SMILES string of the molecule is CC(C)C/C(C#N)=C\C(=O)O. The van der Waals surface area contributed by atoms with Gasteiger partial charge in [0.2, 0.25) is 0 Å². The van der Waals surface area contributed by atoms with Crippen LogP contribution in [-0.2, 0) is 4.79 Å². The van der Waals surface area contributed by atoms with E-state index in [1.165, 1.54) is 0 Å². The molecule has 0 amide bonds. The van der Waals surface area contributed by atoms with Crippen LogP contribution in [0.1, 0.15) is 20.3 Å². The van der Waals surface area contributed by atoms with Gasteiger partial charge in [-0.3, -0.25) is 0 Å². The third kappa shape index (κ3) is 5.16. The zero-order valence-electron chi connectivity index (χ0n) is 6.66. The largest absolute Gasteiger partial charge is 0.478 e. The Morgan fingerprint density at radius 1 is 1.73 bits per heavy atom. The number of hydrogen-bond acceptors (Lipinski definition) is 2. The predicted octanol–water partition coefficient (Wildman–Crippen LogP) is 1.57. The summed E-state index contributed by atoms with van der Waals surface area (Å²) < 4.78 is 0. The van der Waals surface area contributed by atoms with E-state index in [0.29, 0.717) is 17.9 Å². The van der Waals surface area contributed by atoms with E-state index in [-0.39, 0.29) is 0 Å². The van der Waals surface area contributed by atoms with Crippen LogP contribution in [0, 0.1) is 17.2 Å². The van der Waals surface area contributed by atoms with Gasteiger partial charge in [-0.05, 0) is 12.3 Å². The number of rotatable bonds is 3. The van der Waals surface area contributed by atoms with Crippen molar-refractivity contribution in [2.45, 2.75) is 20.3 Å². The van der Waals surface area contributed by atoms with E-state index >= 15 is 0 Å². The molecule has 0 heterocycles. The Kier molecular flexibility index (Phi) is 3.97. The Morgan fingerprint density at radius 3 is 2.55 bits per heavy atom. The van der Waals surface area contributed by atoms with E-state index < -0.39 is 5.97 Å². The second kappa shape index (κ2) is 4.51. The van der Waals surface area contributed by atoms with Crippen molar-refractivity contribution in [3.63, 3.8) is 0 Å². The first-order valence-corrected chi connectivity index (χ1v) is 3.40. The number of nitrogens with zero attached hydrogens (tertiary/aromatic N) is 1. The zero-order chi connectivity index (χ0) is 8.85. The molecule has 60 valence electrons. The summed E-state index contributed by atoms with van der Waals surface area (Å²) in [6, 6.07) is 1.84. The van der Waals surface area contributed by atoms with E-state index in [1.807, 2.05) is 19.9 Å². The molecule has 0 aromatic rings. The number of allylic oxidation sites excluding steroid dienone is 1. The van der Waals surface area contributed by atoms with Crippen LogP contribution in [0.4, 0.5) is 0 Å². The van der Waals surface area contributed by atoms with Gasteiger partial charge in [-0.25, -0.2) is 4.79 Å². The smallest absolute Gasteiger partial charge is 0.329 e. The van der Waals surface area contributed by atoms with E-state index in [1.54, 1.807) is 0 Å². The van der Waals surface area contributed by atoms with E-state index in [2.05, 4.69) is 0 Å². The van der Waals surface area contributed by atoms with Crippen molar-refractivity contribution in [2.75, 3.05) is 0 Å². The van der Waals surface area contributed by atoms with Crippen LogP contribution in [0.2, 0.25) is 0 Å². The average molecular weight is 153 g/mol. The Morgan fingerprint density at radius 2 is 2.27 bits per heavy atom. The van der Waals surface area contributed by atoms with Crippen molar-refractivity contribution in [3.05, 3.63) is 11.6 Å². The molecule has 0 aliphatic rings. The fourth-order valence-corrected chi connectivity index (χ4v) is 0.726. The fourth-order valence-electron chi connectivity index (χ4n) is 0.726. The second-order valence-corrected chi connectivity index (χ2v) is 2.72. The summed E-state index contributed by atoms with van der Waals surface area (Å²) in [7, 11) is 0. The van der Waals surface area contributed by atoms with Crippen molar-refractivity contribution in [2.24, 2.45) is 5.92 Å². The number of aliphatic carboxylic acids is 1. The molecule has 11 heavy (non-hydrogen) atoms. The number of carboxylic acid groups (broad SMARTS) is 1. The highest BCUT2D eigenvalue weighted by Gasteiger charge is 2.01. The van der Waals surface area contributed by atoms with Crippen LogP contribution >= 0.6 is 0 Å². The molecule has 0 saturated carbocycles. The Bertz CT molecular complexity index is 211. The van der Waals surface area contributed by atoms with Gasteiger partial charge in [0.25, 0.3) is 0 Å². The minimum atomic E-state index is -1.05. The lowest BCUT2D eigenvalue weighted by Gasteiger charge is -1.99. The average Bonchev–Trinajstić information content (AvgIpc) is 1.84. The van der Waals surface area contributed by atoms with Gasteiger partial charge in [-0.15, -0.1) is 0 Å². The molecule has 0 unspecified atom stereocenters. The quantitative estimate of drug-likeness (QED) is 0.494. The summed E-state index contributed by atoms with van der Waals surface area (Å²) in [6.45, 7) is 3.88. The zero-order valence-corrected chi connectivity index (χ0v) is 6.66. The molecule has 0 aromatic heterocycles. The van der Waals surface area contributed by atoms with Gasteiger partial charge in [0.05, 0.1) is 6.07 Å². The van der Waals surface area contributed by atoms with Crippen molar-refractivity contribution >= 4 is 5.97 Å². The van der Waals surface area contributed by atoms with Gasteiger partial charge in [-0.1, -0.05) is 13.8 Å². The number of carboxylic acids is 1. The maximum absolute atomic E-state index is 10.1. The summed E-state index contributed by atoms with van der Waals surface area (Å²) in [4.78, 5) is 10.1. The standard InChI is InChI=1S/C8H11NO2/c1-6(2)3-7(5-9)4-8(10)11/h4,6H,3H2,1-2H3,(H,10,11)/b7-4+. The first kappa shape index (κ1) is 9.70. The summed E-state index contributed by atoms with van der Waals surface area (Å²) in [5.74, 6) is -0.734. The van der Waals surface area contributed by atoms with Crippen LogP contribution in [0.25, 0.3) is 0 Å². The summed E-state index contributed by atoms with van der Waals surface area (Å²) in [5.41, 5.74) is 0.326. The molecule has 0 radical (unpaired) electrons. The van der Waals surface area contributed by atoms with Crippen LogP contribution in [0.3, 0.4) is 0 Å². The lowest BCUT2D eigenvalue weighted by molar-refractivity contribution is -0.131. The minimum absolute atomic E-state index is 0.320. The Hall–Kier alpha value is -1.30. The molecule has 0 bridgehead atoms. The van der Waals surface area contributed by atoms with Crippen molar-refractivity contribution in [3.8, 4) is 6.07 Å². The second-order valence-electron chi connectivity index (χ2n) is 2.72. The molecule has 0 aliphatic heterocycles. The number of carbonyl (C=O) groups is 1. The van der Waals surface area contributed by atoms with Gasteiger partial charge in [-0.2, -0.15) is 5.26 Å². The molecule has 3 nitrogen and oxygen atoms in total. The lowest BCUT2D eigenvalue weighted by Crippen LogP contribution is -1.94. The van der Waals surface area contributed by atoms with Crippen LogP contribution in [-0.4, -0.2) is 11.1 Å². The monoisotopic (exact) mass is 153 g/mol. The highest BCUT2D eigenvalue weighted by molar-refractivity contribution is 5.81. The Balaban J connectivity index is 4.20. The predicted molar refractivity (Wildman–Crippen MR) is 40.8 cm³/mol. The maximum Gasteiger partial charge on any atom is 0.329 e. The molecule has 3 heteroatoms. The normalized spacial score (nSPS) is 11.3. The number of nitriles is 1. The molecule has 0 fully saturated rings. The molecule has 0 aliphatic carbocycles. The molecule has 0 atom stereocenters. The molecule has 0 aromatic carbocycles. The summed E-state index contributed by atoms with van der Waals surface area (Å²) >= 11 is 0. The first-order valence-electron chi connectivity index (χ1n) is 3.40. The van der Waals surface area contributed by atoms with Gasteiger partial charge in [0, 0.05) is 11.6 Å². The molecular formula is C8H11NO2. The summed E-state index contributed by atoms with van der Waals surface area (Å²) in [6.07, 6.45) is 1.49. The van der Waals surface area contributed by atoms with Crippen molar-refractivity contribution in [1.82, 2.24) is 0 Å². The van der Waals surface area contributed by atoms with Gasteiger partial charge in [0.1, 0.15) is 0 Å². The van der Waals surface area contributed by atoms with Gasteiger partial charge < -0.3 is 5.11 Å². The molecule has 1 N–H and O–H groups in total. The lowest BCUT2D eigenvalue weighted by atomic mass is 10.0. The minimum Gasteiger partial charge on any atom is -0.478 e. The van der Waals surface area contributed by atoms with Crippen molar-refractivity contribution < 1.29 is 9.90 Å². The Labute approximate surface area is 66.0 Å². The number of hydrogen-bond donors (Lipinski definition) is 1. The van der Waals surface area contributed by atoms with E-state index in [9.17, 15) is 4.79 Å². The molecule has 0 saturated heterocycles. The van der Waals surface area contributed by atoms with Crippen molar-refractivity contribution in [1.29, 1.82) is 5.26 Å². The highest BCUT2D eigenvalue weighted by Crippen LogP contribution is 2.08. The maximum atomic E-state index is 10.1. The third-order valence-corrected chi connectivity index (χ3v) is 1.07. The molecular weight excluding hydrogens is 142 g/mol. The third-order valence-electron chi connectivity index (χ3n) is 1.07. The van der Waals surface area contributed by atoms with Crippen LogP contribution in [0.15, 0.2) is 11.6 Å².